The molecular weight excluding hydrogens is 427 g/mol. The van der Waals surface area contributed by atoms with E-state index in [9.17, 15) is 9.18 Å². The summed E-state index contributed by atoms with van der Waals surface area (Å²) in [5, 5.41) is 18.9. The fourth-order valence-electron chi connectivity index (χ4n) is 3.54. The third-order valence-electron chi connectivity index (χ3n) is 5.13. The van der Waals surface area contributed by atoms with E-state index < -0.39 is 11.7 Å². The number of halogens is 1. The molecule has 4 heterocycles. The standard InChI is InChI=1S/C22H19FN8O2/c1-12(2)30-21-16(11-24-30)15(10-18(26-21)20-5-4-8-33-20)22(32)25-14-6-7-17(23)19(9-14)31-13(3)27-28-29-31/h4-12H,1-3H3,(H,25,32). The second-order valence-corrected chi connectivity index (χ2v) is 7.71. The van der Waals surface area contributed by atoms with Crippen LogP contribution in [-0.2, 0) is 0 Å². The Balaban J connectivity index is 1.57. The Kier molecular flexibility index (Phi) is 4.93. The van der Waals surface area contributed by atoms with Gasteiger partial charge in [0.2, 0.25) is 0 Å². The number of tetrazole rings is 1. The van der Waals surface area contributed by atoms with Crippen LogP contribution in [0.3, 0.4) is 0 Å². The number of carbonyl (C=O) groups is 1. The molecule has 11 heteroatoms. The fraction of sp³-hybridized carbons (Fsp3) is 0.182. The van der Waals surface area contributed by atoms with Crippen LogP contribution < -0.4 is 5.32 Å². The highest BCUT2D eigenvalue weighted by molar-refractivity contribution is 6.12. The highest BCUT2D eigenvalue weighted by atomic mass is 19.1. The molecule has 1 amide bonds. The number of nitrogens with zero attached hydrogens (tertiary/aromatic N) is 7. The summed E-state index contributed by atoms with van der Waals surface area (Å²) in [6.45, 7) is 5.61. The minimum atomic E-state index is -0.520. The van der Waals surface area contributed by atoms with Crippen molar-refractivity contribution in [3.05, 3.63) is 66.1 Å². The monoisotopic (exact) mass is 446 g/mol. The molecule has 10 nitrogen and oxygen atoms in total. The lowest BCUT2D eigenvalue weighted by molar-refractivity contribution is 0.102. The molecule has 33 heavy (non-hydrogen) atoms. The number of benzene rings is 1. The number of anilines is 1. The van der Waals surface area contributed by atoms with E-state index in [0.29, 0.717) is 39.6 Å². The maximum Gasteiger partial charge on any atom is 0.256 e. The highest BCUT2D eigenvalue weighted by Crippen LogP contribution is 2.28. The third-order valence-corrected chi connectivity index (χ3v) is 5.13. The fourth-order valence-corrected chi connectivity index (χ4v) is 3.54. The number of carbonyl (C=O) groups excluding carboxylic acids is 1. The number of nitrogens with one attached hydrogen (secondary N) is 1. The molecule has 166 valence electrons. The van der Waals surface area contributed by atoms with Crippen LogP contribution in [0.4, 0.5) is 10.1 Å². The normalized spacial score (nSPS) is 11.4. The highest BCUT2D eigenvalue weighted by Gasteiger charge is 2.20. The van der Waals surface area contributed by atoms with Crippen molar-refractivity contribution >= 4 is 22.6 Å². The van der Waals surface area contributed by atoms with Gasteiger partial charge in [-0.05, 0) is 67.6 Å². The molecular formula is C22H19FN8O2. The molecule has 4 aromatic heterocycles. The first-order valence-electron chi connectivity index (χ1n) is 10.2. The predicted molar refractivity (Wildman–Crippen MR) is 117 cm³/mol. The summed E-state index contributed by atoms with van der Waals surface area (Å²) in [5.41, 5.74) is 1.94. The summed E-state index contributed by atoms with van der Waals surface area (Å²) in [4.78, 5) is 18.0. The SMILES string of the molecule is Cc1nnnn1-c1cc(NC(=O)c2cc(-c3ccco3)nc3c2cnn3C(C)C)ccc1F. The predicted octanol–water partition coefficient (Wildman–Crippen LogP) is 3.95. The van der Waals surface area contributed by atoms with E-state index >= 15 is 0 Å². The molecule has 1 N–H and O–H groups in total. The van der Waals surface area contributed by atoms with Crippen molar-refractivity contribution in [2.45, 2.75) is 26.8 Å². The Bertz CT molecular complexity index is 1470. The van der Waals surface area contributed by atoms with Crippen LogP contribution >= 0.6 is 0 Å². The van der Waals surface area contributed by atoms with Gasteiger partial charge in [-0.1, -0.05) is 0 Å². The lowest BCUT2D eigenvalue weighted by Crippen LogP contribution is -2.14. The van der Waals surface area contributed by atoms with Crippen molar-refractivity contribution in [3.8, 4) is 17.1 Å². The summed E-state index contributed by atoms with van der Waals surface area (Å²) < 4.78 is 22.9. The minimum absolute atomic E-state index is 0.0388. The summed E-state index contributed by atoms with van der Waals surface area (Å²) in [5.74, 6) is 0.0237. The average molecular weight is 446 g/mol. The number of pyridine rings is 1. The summed E-state index contributed by atoms with van der Waals surface area (Å²) in [6.07, 6.45) is 3.16. The largest absolute Gasteiger partial charge is 0.463 e. The van der Waals surface area contributed by atoms with E-state index in [2.05, 4.69) is 30.9 Å². The Hall–Kier alpha value is -4.41. The number of aryl methyl sites for hydroxylation is 1. The van der Waals surface area contributed by atoms with Gasteiger partial charge in [0.25, 0.3) is 5.91 Å². The van der Waals surface area contributed by atoms with E-state index in [4.69, 9.17) is 4.42 Å². The summed E-state index contributed by atoms with van der Waals surface area (Å²) in [7, 11) is 0. The number of hydrogen-bond acceptors (Lipinski definition) is 7. The van der Waals surface area contributed by atoms with Gasteiger partial charge < -0.3 is 9.73 Å². The van der Waals surface area contributed by atoms with E-state index in [1.54, 1.807) is 42.3 Å². The number of aromatic nitrogens is 7. The first-order valence-corrected chi connectivity index (χ1v) is 10.2. The van der Waals surface area contributed by atoms with Crippen LogP contribution in [0.25, 0.3) is 28.2 Å². The van der Waals surface area contributed by atoms with E-state index in [0.717, 1.165) is 0 Å². The second kappa shape index (κ2) is 7.93. The summed E-state index contributed by atoms with van der Waals surface area (Å²) >= 11 is 0. The first-order chi connectivity index (χ1) is 15.9. The van der Waals surface area contributed by atoms with Gasteiger partial charge in [0, 0.05) is 11.7 Å². The van der Waals surface area contributed by atoms with Gasteiger partial charge in [0.05, 0.1) is 23.4 Å². The van der Waals surface area contributed by atoms with Crippen LogP contribution in [0.1, 0.15) is 36.1 Å². The molecule has 0 atom stereocenters. The zero-order chi connectivity index (χ0) is 23.1. The second-order valence-electron chi connectivity index (χ2n) is 7.71. The Morgan fingerprint density at radius 2 is 2.06 bits per heavy atom. The zero-order valence-electron chi connectivity index (χ0n) is 18.0. The average Bonchev–Trinajstić information content (AvgIpc) is 3.55. The van der Waals surface area contributed by atoms with Crippen molar-refractivity contribution in [2.75, 3.05) is 5.32 Å². The van der Waals surface area contributed by atoms with Crippen molar-refractivity contribution in [1.29, 1.82) is 0 Å². The number of hydrogen-bond donors (Lipinski definition) is 1. The van der Waals surface area contributed by atoms with E-state index in [1.165, 1.54) is 22.9 Å². The molecule has 5 aromatic rings. The van der Waals surface area contributed by atoms with Crippen molar-refractivity contribution in [1.82, 2.24) is 35.0 Å². The Morgan fingerprint density at radius 1 is 1.21 bits per heavy atom. The molecule has 0 bridgehead atoms. The van der Waals surface area contributed by atoms with E-state index in [1.807, 2.05) is 13.8 Å². The van der Waals surface area contributed by atoms with Crippen molar-refractivity contribution < 1.29 is 13.6 Å². The number of amides is 1. The first kappa shape index (κ1) is 20.5. The van der Waals surface area contributed by atoms with Crippen LogP contribution in [0, 0.1) is 12.7 Å². The molecule has 0 unspecified atom stereocenters. The van der Waals surface area contributed by atoms with Crippen LogP contribution in [0.5, 0.6) is 0 Å². The van der Waals surface area contributed by atoms with Gasteiger partial charge >= 0.3 is 0 Å². The number of furan rings is 1. The number of rotatable bonds is 5. The summed E-state index contributed by atoms with van der Waals surface area (Å²) in [6, 6.07) is 9.41. The molecule has 0 fully saturated rings. The van der Waals surface area contributed by atoms with E-state index in [-0.39, 0.29) is 11.7 Å². The number of fused-ring (bicyclic) bond motifs is 1. The van der Waals surface area contributed by atoms with Crippen molar-refractivity contribution in [3.63, 3.8) is 0 Å². The molecule has 0 aliphatic carbocycles. The zero-order valence-corrected chi connectivity index (χ0v) is 18.0. The third kappa shape index (κ3) is 3.63. The molecule has 5 rings (SSSR count). The van der Waals surface area contributed by atoms with Crippen LogP contribution in [-0.4, -0.2) is 40.9 Å². The molecule has 0 saturated carbocycles. The van der Waals surface area contributed by atoms with Gasteiger partial charge in [-0.25, -0.2) is 14.1 Å². The molecule has 0 aliphatic heterocycles. The molecule has 0 spiro atoms. The maximum atomic E-state index is 14.4. The smallest absolute Gasteiger partial charge is 0.256 e. The van der Waals surface area contributed by atoms with Gasteiger partial charge in [-0.15, -0.1) is 5.10 Å². The lowest BCUT2D eigenvalue weighted by atomic mass is 10.1. The van der Waals surface area contributed by atoms with Crippen molar-refractivity contribution in [2.24, 2.45) is 0 Å². The topological polar surface area (TPSA) is 117 Å². The quantitative estimate of drug-likeness (QED) is 0.434. The molecule has 1 aromatic carbocycles. The van der Waals surface area contributed by atoms with Crippen LogP contribution in [0.15, 0.2) is 53.3 Å². The van der Waals surface area contributed by atoms with Gasteiger partial charge in [0.15, 0.2) is 17.2 Å². The van der Waals surface area contributed by atoms with Gasteiger partial charge in [0.1, 0.15) is 17.2 Å². The maximum absolute atomic E-state index is 14.4. The lowest BCUT2D eigenvalue weighted by Gasteiger charge is -2.11. The molecule has 0 radical (unpaired) electrons. The Morgan fingerprint density at radius 3 is 2.76 bits per heavy atom. The van der Waals surface area contributed by atoms with Gasteiger partial charge in [-0.2, -0.15) is 9.78 Å². The minimum Gasteiger partial charge on any atom is -0.463 e. The molecule has 0 aliphatic rings. The Labute approximate surface area is 187 Å². The molecule has 0 saturated heterocycles. The van der Waals surface area contributed by atoms with Gasteiger partial charge in [-0.3, -0.25) is 4.79 Å². The van der Waals surface area contributed by atoms with Crippen LogP contribution in [0.2, 0.25) is 0 Å².